The maximum Gasteiger partial charge on any atom is 0.0514 e. The second-order valence-electron chi connectivity index (χ2n) is 3.68. The van der Waals surface area contributed by atoms with Crippen LogP contribution in [0.15, 0.2) is 30.3 Å². The molecule has 0 radical (unpaired) electrons. The van der Waals surface area contributed by atoms with Gasteiger partial charge in [0, 0.05) is 21.5 Å². The summed E-state index contributed by atoms with van der Waals surface area (Å²) in [6.45, 7) is 0. The molecule has 5 heteroatoms. The van der Waals surface area contributed by atoms with E-state index >= 15 is 0 Å². The third-order valence-corrected chi connectivity index (χ3v) is 3.82. The number of benzene rings is 2. The summed E-state index contributed by atoms with van der Waals surface area (Å²) in [5.41, 5.74) is 2.45. The quantitative estimate of drug-likeness (QED) is 0.533. The van der Waals surface area contributed by atoms with Crippen LogP contribution in [0.5, 0.6) is 0 Å². The predicted octanol–water partition coefficient (Wildman–Crippen LogP) is 6.71. The molecule has 0 nitrogen and oxygen atoms in total. The zero-order chi connectivity index (χ0) is 13.3. The fourth-order valence-corrected chi connectivity index (χ4v) is 3.15. The van der Waals surface area contributed by atoms with Crippen LogP contribution in [0.25, 0.3) is 11.1 Å². The maximum atomic E-state index is 6.19. The lowest BCUT2D eigenvalue weighted by Crippen LogP contribution is -1.89. The number of halogens is 5. The van der Waals surface area contributed by atoms with Crippen LogP contribution in [-0.4, -0.2) is 0 Å². The molecule has 0 amide bonds. The summed E-state index contributed by atoms with van der Waals surface area (Å²) in [6, 6.07) is 8.72. The molecule has 0 fully saturated rings. The van der Waals surface area contributed by atoms with Gasteiger partial charge in [-0.25, -0.2) is 0 Å². The highest BCUT2D eigenvalue weighted by Gasteiger charge is 2.13. The first-order chi connectivity index (χ1) is 8.52. The molecule has 0 atom stereocenters. The molecule has 2 rings (SSSR count). The third kappa shape index (κ3) is 2.89. The minimum Gasteiger partial charge on any atom is -0.122 e. The minimum atomic E-state index is 0.325. The van der Waals surface area contributed by atoms with E-state index < -0.39 is 0 Å². The molecule has 0 aliphatic rings. The largest absolute Gasteiger partial charge is 0.122 e. The summed E-state index contributed by atoms with van der Waals surface area (Å²) in [5.74, 6) is 0.325. The zero-order valence-electron chi connectivity index (χ0n) is 8.98. The SMILES string of the molecule is ClCc1cc(Cl)ccc1-c1c(Cl)cc(Cl)cc1Cl. The highest BCUT2D eigenvalue weighted by molar-refractivity contribution is 6.42. The Morgan fingerprint density at radius 2 is 1.39 bits per heavy atom. The molecule has 0 aliphatic carbocycles. The van der Waals surface area contributed by atoms with Gasteiger partial charge in [0.1, 0.15) is 0 Å². The van der Waals surface area contributed by atoms with E-state index in [1.54, 1.807) is 24.3 Å². The van der Waals surface area contributed by atoms with E-state index in [1.807, 2.05) is 6.07 Å². The van der Waals surface area contributed by atoms with Gasteiger partial charge in [-0.05, 0) is 35.4 Å². The van der Waals surface area contributed by atoms with E-state index in [2.05, 4.69) is 0 Å². The van der Waals surface area contributed by atoms with Gasteiger partial charge in [-0.2, -0.15) is 0 Å². The lowest BCUT2D eigenvalue weighted by molar-refractivity contribution is 1.40. The van der Waals surface area contributed by atoms with Gasteiger partial charge in [-0.1, -0.05) is 52.5 Å². The van der Waals surface area contributed by atoms with Crippen LogP contribution in [0.4, 0.5) is 0 Å². The molecule has 2 aromatic carbocycles. The minimum absolute atomic E-state index is 0.325. The van der Waals surface area contributed by atoms with Crippen LogP contribution >= 0.6 is 58.0 Å². The predicted molar refractivity (Wildman–Crippen MR) is 81.5 cm³/mol. The van der Waals surface area contributed by atoms with E-state index in [0.29, 0.717) is 26.0 Å². The van der Waals surface area contributed by atoms with Gasteiger partial charge in [0.2, 0.25) is 0 Å². The van der Waals surface area contributed by atoms with Crippen molar-refractivity contribution in [1.29, 1.82) is 0 Å². The number of alkyl halides is 1. The fraction of sp³-hybridized carbons (Fsp3) is 0.0769. The molecule has 0 saturated heterocycles. The Morgan fingerprint density at radius 3 is 1.94 bits per heavy atom. The van der Waals surface area contributed by atoms with Crippen molar-refractivity contribution in [2.75, 3.05) is 0 Å². The molecule has 0 aromatic heterocycles. The van der Waals surface area contributed by atoms with Crippen LogP contribution in [-0.2, 0) is 5.88 Å². The molecule has 0 N–H and O–H groups in total. The molecule has 0 spiro atoms. The van der Waals surface area contributed by atoms with Crippen LogP contribution in [0.1, 0.15) is 5.56 Å². The molecule has 18 heavy (non-hydrogen) atoms. The Balaban J connectivity index is 2.69. The highest BCUT2D eigenvalue weighted by atomic mass is 35.5. The Bertz CT molecular complexity index is 569. The highest BCUT2D eigenvalue weighted by Crippen LogP contribution is 2.39. The van der Waals surface area contributed by atoms with Crippen molar-refractivity contribution in [3.63, 3.8) is 0 Å². The summed E-state index contributed by atoms with van der Waals surface area (Å²) in [7, 11) is 0. The number of hydrogen-bond donors (Lipinski definition) is 0. The Kier molecular flexibility index (Phi) is 4.69. The summed E-state index contributed by atoms with van der Waals surface area (Å²) in [5, 5.41) is 2.09. The van der Waals surface area contributed by atoms with E-state index in [1.165, 1.54) is 0 Å². The Morgan fingerprint density at radius 1 is 0.778 bits per heavy atom. The monoisotopic (exact) mass is 338 g/mol. The van der Waals surface area contributed by atoms with Gasteiger partial charge in [-0.15, -0.1) is 11.6 Å². The second kappa shape index (κ2) is 5.90. The molecule has 94 valence electrons. The van der Waals surface area contributed by atoms with Crippen molar-refractivity contribution in [1.82, 2.24) is 0 Å². The molecular weight excluding hydrogens is 333 g/mol. The van der Waals surface area contributed by atoms with E-state index in [9.17, 15) is 0 Å². The van der Waals surface area contributed by atoms with Gasteiger partial charge < -0.3 is 0 Å². The van der Waals surface area contributed by atoms with E-state index in [0.717, 1.165) is 16.7 Å². The average Bonchev–Trinajstić information content (AvgIpc) is 2.29. The van der Waals surface area contributed by atoms with Gasteiger partial charge in [0.25, 0.3) is 0 Å². The molecule has 0 unspecified atom stereocenters. The molecule has 0 heterocycles. The van der Waals surface area contributed by atoms with E-state index in [4.69, 9.17) is 58.0 Å². The maximum absolute atomic E-state index is 6.19. The van der Waals surface area contributed by atoms with Gasteiger partial charge in [0.05, 0.1) is 10.0 Å². The third-order valence-electron chi connectivity index (χ3n) is 2.49. The van der Waals surface area contributed by atoms with Crippen molar-refractivity contribution in [3.05, 3.63) is 56.0 Å². The first-order valence-corrected chi connectivity index (χ1v) is 7.07. The first-order valence-electron chi connectivity index (χ1n) is 5.02. The van der Waals surface area contributed by atoms with Crippen LogP contribution in [0, 0.1) is 0 Å². The van der Waals surface area contributed by atoms with Crippen molar-refractivity contribution in [2.24, 2.45) is 0 Å². The summed E-state index contributed by atoms with van der Waals surface area (Å²) in [4.78, 5) is 0. The smallest absolute Gasteiger partial charge is 0.0514 e. The summed E-state index contributed by atoms with van der Waals surface area (Å²) < 4.78 is 0. The average molecular weight is 340 g/mol. The first kappa shape index (κ1) is 14.3. The van der Waals surface area contributed by atoms with Crippen LogP contribution < -0.4 is 0 Å². The van der Waals surface area contributed by atoms with Gasteiger partial charge in [0.15, 0.2) is 0 Å². The van der Waals surface area contributed by atoms with E-state index in [-0.39, 0.29) is 0 Å². The second-order valence-corrected chi connectivity index (χ2v) is 5.63. The fourth-order valence-electron chi connectivity index (χ4n) is 1.72. The normalized spacial score (nSPS) is 10.7. The Labute approximate surface area is 130 Å². The van der Waals surface area contributed by atoms with Crippen molar-refractivity contribution in [3.8, 4) is 11.1 Å². The van der Waals surface area contributed by atoms with Crippen LogP contribution in [0.2, 0.25) is 20.1 Å². The topological polar surface area (TPSA) is 0 Å². The van der Waals surface area contributed by atoms with Gasteiger partial charge >= 0.3 is 0 Å². The zero-order valence-corrected chi connectivity index (χ0v) is 12.8. The standard InChI is InChI=1S/C13H7Cl5/c14-6-7-3-8(15)1-2-10(7)13-11(17)4-9(16)5-12(13)18/h1-5H,6H2. The van der Waals surface area contributed by atoms with Crippen molar-refractivity contribution in [2.45, 2.75) is 5.88 Å². The molecule has 0 aliphatic heterocycles. The molecule has 0 saturated carbocycles. The summed E-state index contributed by atoms with van der Waals surface area (Å²) >= 11 is 30.1. The lowest BCUT2D eigenvalue weighted by Gasteiger charge is -2.12. The van der Waals surface area contributed by atoms with Crippen molar-refractivity contribution < 1.29 is 0 Å². The molecular formula is C13H7Cl5. The van der Waals surface area contributed by atoms with Crippen LogP contribution in [0.3, 0.4) is 0 Å². The number of rotatable bonds is 2. The molecule has 0 bridgehead atoms. The van der Waals surface area contributed by atoms with Crippen molar-refractivity contribution >= 4 is 58.0 Å². The summed E-state index contributed by atoms with van der Waals surface area (Å²) in [6.07, 6.45) is 0. The molecule has 2 aromatic rings. The Hall–Kier alpha value is -0.110. The van der Waals surface area contributed by atoms with Gasteiger partial charge in [-0.3, -0.25) is 0 Å². The lowest BCUT2D eigenvalue weighted by atomic mass is 10.0. The number of hydrogen-bond acceptors (Lipinski definition) is 0.